The van der Waals surface area contributed by atoms with E-state index in [2.05, 4.69) is 20.9 Å². The summed E-state index contributed by atoms with van der Waals surface area (Å²) in [5, 5.41) is 10.0. The second-order valence-corrected chi connectivity index (χ2v) is 6.26. The highest BCUT2D eigenvalue weighted by atomic mass is 16.5. The van der Waals surface area contributed by atoms with E-state index in [-0.39, 0.29) is 11.6 Å². The number of nitrogens with two attached hydrogens (primary N) is 1. The van der Waals surface area contributed by atoms with Gasteiger partial charge in [0.15, 0.2) is 12.2 Å². The number of carbonyl (C=O) groups excluding carboxylic acids is 1. The van der Waals surface area contributed by atoms with Gasteiger partial charge < -0.3 is 15.4 Å². The minimum Gasteiger partial charge on any atom is -0.462 e. The first-order valence-corrected chi connectivity index (χ1v) is 8.54. The number of benzene rings is 1. The first-order valence-electron chi connectivity index (χ1n) is 8.54. The molecule has 130 valence electrons. The topological polar surface area (TPSA) is 101 Å². The van der Waals surface area contributed by atoms with Gasteiger partial charge in [-0.1, -0.05) is 12.5 Å². The zero-order valence-electron chi connectivity index (χ0n) is 14.0. The number of hydrogen-bond donors (Lipinski definition) is 4. The van der Waals surface area contributed by atoms with Gasteiger partial charge >= 0.3 is 5.97 Å². The molecule has 0 aromatic heterocycles. The lowest BCUT2D eigenvalue weighted by atomic mass is 9.88. The minimum absolute atomic E-state index is 0.194. The van der Waals surface area contributed by atoms with Crippen molar-refractivity contribution in [2.24, 2.45) is 10.7 Å². The summed E-state index contributed by atoms with van der Waals surface area (Å²) in [6.45, 7) is 2.15. The number of esters is 1. The van der Waals surface area contributed by atoms with E-state index in [0.717, 1.165) is 18.5 Å². The van der Waals surface area contributed by atoms with Crippen LogP contribution in [0.25, 0.3) is 0 Å². The number of guanidine groups is 1. The van der Waals surface area contributed by atoms with Gasteiger partial charge in [0.1, 0.15) is 0 Å². The third-order valence-electron chi connectivity index (χ3n) is 4.39. The molecule has 7 nitrogen and oxygen atoms in total. The van der Waals surface area contributed by atoms with E-state index in [1.807, 2.05) is 12.1 Å². The van der Waals surface area contributed by atoms with Crippen LogP contribution < -0.4 is 21.7 Å². The zero-order chi connectivity index (χ0) is 17.0. The van der Waals surface area contributed by atoms with E-state index in [0.29, 0.717) is 18.1 Å². The van der Waals surface area contributed by atoms with Crippen LogP contribution >= 0.6 is 0 Å². The third kappa shape index (κ3) is 3.85. The summed E-state index contributed by atoms with van der Waals surface area (Å²) in [7, 11) is 0. The first-order chi connectivity index (χ1) is 11.6. The Hall–Kier alpha value is -2.12. The monoisotopic (exact) mass is 331 g/mol. The smallest absolute Gasteiger partial charge is 0.338 e. The summed E-state index contributed by atoms with van der Waals surface area (Å²) in [5.74, 6) is 0.297. The van der Waals surface area contributed by atoms with Crippen LogP contribution in [-0.4, -0.2) is 30.5 Å². The lowest BCUT2D eigenvalue weighted by Crippen LogP contribution is -2.68. The first kappa shape index (κ1) is 16.7. The van der Waals surface area contributed by atoms with Crippen molar-refractivity contribution < 1.29 is 9.53 Å². The van der Waals surface area contributed by atoms with Crippen molar-refractivity contribution in [1.29, 1.82) is 0 Å². The molecule has 0 amide bonds. The molecule has 2 aliphatic rings. The van der Waals surface area contributed by atoms with Gasteiger partial charge in [0.25, 0.3) is 0 Å². The number of rotatable bonds is 3. The van der Waals surface area contributed by atoms with Gasteiger partial charge in [-0.25, -0.2) is 9.79 Å². The summed E-state index contributed by atoms with van der Waals surface area (Å²) < 4.78 is 5.04. The number of ether oxygens (including phenoxy) is 1. The molecule has 1 aromatic rings. The molecule has 1 spiro atoms. The van der Waals surface area contributed by atoms with Crippen molar-refractivity contribution in [3.05, 3.63) is 29.8 Å². The molecule has 1 atom stereocenters. The van der Waals surface area contributed by atoms with Crippen LogP contribution in [0.2, 0.25) is 0 Å². The molecule has 1 saturated carbocycles. The fourth-order valence-corrected chi connectivity index (χ4v) is 3.31. The molecule has 1 unspecified atom stereocenters. The molecule has 1 aliphatic heterocycles. The lowest BCUT2D eigenvalue weighted by Gasteiger charge is -2.44. The highest BCUT2D eigenvalue weighted by Crippen LogP contribution is 2.27. The van der Waals surface area contributed by atoms with Gasteiger partial charge in [-0.2, -0.15) is 0 Å². The molecule has 1 aromatic carbocycles. The Morgan fingerprint density at radius 2 is 2.21 bits per heavy atom. The van der Waals surface area contributed by atoms with Gasteiger partial charge in [-0.3, -0.25) is 11.1 Å². The second-order valence-electron chi connectivity index (χ2n) is 6.26. The molecule has 1 heterocycles. The van der Waals surface area contributed by atoms with Crippen molar-refractivity contribution in [3.8, 4) is 0 Å². The maximum Gasteiger partial charge on any atom is 0.338 e. The normalized spacial score (nSPS) is 22.4. The molecule has 0 bridgehead atoms. The van der Waals surface area contributed by atoms with Crippen molar-refractivity contribution in [3.63, 3.8) is 0 Å². The average molecular weight is 331 g/mol. The average Bonchev–Trinajstić information content (AvgIpc) is 2.55. The molecule has 1 aliphatic carbocycles. The molecular formula is C17H25N5O2. The van der Waals surface area contributed by atoms with Crippen LogP contribution in [0.1, 0.15) is 49.4 Å². The largest absolute Gasteiger partial charge is 0.462 e. The molecule has 5 N–H and O–H groups in total. The highest BCUT2D eigenvalue weighted by Gasteiger charge is 2.36. The van der Waals surface area contributed by atoms with E-state index >= 15 is 0 Å². The van der Waals surface area contributed by atoms with Gasteiger partial charge in [-0.05, 0) is 50.8 Å². The van der Waals surface area contributed by atoms with Crippen LogP contribution in [0.3, 0.4) is 0 Å². The van der Waals surface area contributed by atoms with E-state index in [4.69, 9.17) is 10.5 Å². The van der Waals surface area contributed by atoms with Gasteiger partial charge in [0.05, 0.1) is 17.8 Å². The maximum absolute atomic E-state index is 11.9. The predicted octanol–water partition coefficient (Wildman–Crippen LogP) is 1.73. The molecule has 7 heteroatoms. The van der Waals surface area contributed by atoms with Crippen LogP contribution in [-0.2, 0) is 4.74 Å². The second kappa shape index (κ2) is 7.19. The molecule has 24 heavy (non-hydrogen) atoms. The Morgan fingerprint density at radius 3 is 2.96 bits per heavy atom. The predicted molar refractivity (Wildman–Crippen MR) is 93.5 cm³/mol. The van der Waals surface area contributed by atoms with Crippen LogP contribution in [0, 0.1) is 0 Å². The standard InChI is InChI=1S/C17H25N5O2/c1-2-24-14(23)12-7-6-8-13(11-12)19-16-20-15(18)21-17(22-16)9-4-3-5-10-17/h6-8,11,15,21H,2-5,9-10,18H2,1H3,(H2,19,20,22). The maximum atomic E-state index is 11.9. The van der Waals surface area contributed by atoms with E-state index in [1.165, 1.54) is 19.3 Å². The Kier molecular flexibility index (Phi) is 5.01. The van der Waals surface area contributed by atoms with E-state index in [1.54, 1.807) is 19.1 Å². The quantitative estimate of drug-likeness (QED) is 0.629. The van der Waals surface area contributed by atoms with E-state index < -0.39 is 6.29 Å². The summed E-state index contributed by atoms with van der Waals surface area (Å²) >= 11 is 0. The summed E-state index contributed by atoms with van der Waals surface area (Å²) in [6, 6.07) is 7.18. The van der Waals surface area contributed by atoms with Crippen molar-refractivity contribution in [2.75, 3.05) is 11.9 Å². The molecule has 0 radical (unpaired) electrons. The Bertz CT molecular complexity index is 625. The van der Waals surface area contributed by atoms with Gasteiger partial charge in [0, 0.05) is 5.69 Å². The zero-order valence-corrected chi connectivity index (χ0v) is 14.0. The molecule has 0 saturated heterocycles. The third-order valence-corrected chi connectivity index (χ3v) is 4.39. The van der Waals surface area contributed by atoms with Crippen molar-refractivity contribution in [1.82, 2.24) is 10.6 Å². The number of carbonyl (C=O) groups is 1. The van der Waals surface area contributed by atoms with E-state index in [9.17, 15) is 4.79 Å². The Balaban J connectivity index is 1.73. The lowest BCUT2D eigenvalue weighted by molar-refractivity contribution is 0.0526. The molecule has 1 fully saturated rings. The number of aliphatic imine (C=N–C) groups is 1. The molecular weight excluding hydrogens is 306 g/mol. The summed E-state index contributed by atoms with van der Waals surface area (Å²) in [4.78, 5) is 16.2. The minimum atomic E-state index is -0.444. The Morgan fingerprint density at radius 1 is 1.42 bits per heavy atom. The number of hydrogen-bond acceptors (Lipinski definition) is 7. The Labute approximate surface area is 142 Å². The number of nitrogens with one attached hydrogen (secondary N) is 3. The van der Waals surface area contributed by atoms with Crippen molar-refractivity contribution >= 4 is 17.6 Å². The van der Waals surface area contributed by atoms with Crippen LogP contribution in [0.4, 0.5) is 5.69 Å². The molecule has 3 rings (SSSR count). The SMILES string of the molecule is CCOC(=O)c1cccc(NC2=NC(N)NC3(CCCCC3)N2)c1. The summed E-state index contributed by atoms with van der Waals surface area (Å²) in [6.07, 6.45) is 5.17. The fraction of sp³-hybridized carbons (Fsp3) is 0.529. The van der Waals surface area contributed by atoms with Crippen LogP contribution in [0.15, 0.2) is 29.3 Å². The summed E-state index contributed by atoms with van der Waals surface area (Å²) in [5.41, 5.74) is 7.13. The van der Waals surface area contributed by atoms with Gasteiger partial charge in [-0.15, -0.1) is 0 Å². The fourth-order valence-electron chi connectivity index (χ4n) is 3.31. The van der Waals surface area contributed by atoms with Crippen molar-refractivity contribution in [2.45, 2.75) is 51.0 Å². The van der Waals surface area contributed by atoms with Crippen LogP contribution in [0.5, 0.6) is 0 Å². The number of nitrogens with zero attached hydrogens (tertiary/aromatic N) is 1. The van der Waals surface area contributed by atoms with Gasteiger partial charge in [0.2, 0.25) is 0 Å². The number of anilines is 1. The highest BCUT2D eigenvalue weighted by molar-refractivity contribution is 5.96.